The zero-order valence-corrected chi connectivity index (χ0v) is 17.6. The van der Waals surface area contributed by atoms with Crippen LogP contribution in [0.25, 0.3) is 0 Å². The van der Waals surface area contributed by atoms with E-state index in [2.05, 4.69) is 24.5 Å². The third-order valence-corrected chi connectivity index (χ3v) is 6.76. The number of carbonyl (C=O) groups excluding carboxylic acids is 2. The Bertz CT molecular complexity index is 770. The van der Waals surface area contributed by atoms with Crippen LogP contribution in [0.2, 0.25) is 0 Å². The Morgan fingerprint density at radius 2 is 1.68 bits per heavy atom. The monoisotopic (exact) mass is 411 g/mol. The summed E-state index contributed by atoms with van der Waals surface area (Å²) in [5, 5.41) is 5.21. The second-order valence-electron chi connectivity index (χ2n) is 7.28. The van der Waals surface area contributed by atoms with Crippen LogP contribution >= 0.6 is 0 Å². The van der Waals surface area contributed by atoms with Gasteiger partial charge in [0, 0.05) is 6.54 Å². The molecule has 0 unspecified atom stereocenters. The van der Waals surface area contributed by atoms with Crippen LogP contribution in [0.15, 0.2) is 29.2 Å². The standard InChI is InChI=1S/C19H30N4O4S/c1-4-20-18(24)13-21-19(25)14-22-9-11-23(12-10-22)28(26,27)17-7-5-16(6-8-17)15(2)3/h5-8,15H,4,9-14H2,1-3H3,(H,20,24)(H,21,25)/p+1. The molecule has 9 heteroatoms. The molecule has 28 heavy (non-hydrogen) atoms. The van der Waals surface area contributed by atoms with Crippen molar-refractivity contribution in [2.75, 3.05) is 45.8 Å². The smallest absolute Gasteiger partial charge is 0.275 e. The zero-order chi connectivity index (χ0) is 20.7. The van der Waals surface area contributed by atoms with Gasteiger partial charge in [-0.25, -0.2) is 8.42 Å². The van der Waals surface area contributed by atoms with Gasteiger partial charge in [-0.2, -0.15) is 4.31 Å². The summed E-state index contributed by atoms with van der Waals surface area (Å²) in [6, 6.07) is 7.05. The van der Waals surface area contributed by atoms with Crippen molar-refractivity contribution >= 4 is 21.8 Å². The molecule has 1 fully saturated rings. The predicted molar refractivity (Wildman–Crippen MR) is 107 cm³/mol. The highest BCUT2D eigenvalue weighted by atomic mass is 32.2. The van der Waals surface area contributed by atoms with Crippen LogP contribution < -0.4 is 15.5 Å². The Kier molecular flexibility index (Phi) is 7.97. The molecule has 1 saturated heterocycles. The third kappa shape index (κ3) is 6.02. The van der Waals surface area contributed by atoms with E-state index in [1.165, 1.54) is 4.31 Å². The second-order valence-corrected chi connectivity index (χ2v) is 9.22. The molecule has 0 atom stereocenters. The van der Waals surface area contributed by atoms with E-state index in [1.807, 2.05) is 19.1 Å². The van der Waals surface area contributed by atoms with E-state index < -0.39 is 10.0 Å². The molecule has 1 heterocycles. The van der Waals surface area contributed by atoms with E-state index in [0.717, 1.165) is 10.5 Å². The highest BCUT2D eigenvalue weighted by molar-refractivity contribution is 7.89. The quantitative estimate of drug-likeness (QED) is 0.508. The predicted octanol–water partition coefficient (Wildman–Crippen LogP) is -1.05. The number of nitrogens with zero attached hydrogens (tertiary/aromatic N) is 1. The van der Waals surface area contributed by atoms with Crippen molar-refractivity contribution in [3.8, 4) is 0 Å². The summed E-state index contributed by atoms with van der Waals surface area (Å²) < 4.78 is 27.1. The summed E-state index contributed by atoms with van der Waals surface area (Å²) in [6.07, 6.45) is 0. The van der Waals surface area contributed by atoms with Crippen LogP contribution in [0.1, 0.15) is 32.3 Å². The van der Waals surface area contributed by atoms with E-state index in [4.69, 9.17) is 0 Å². The Morgan fingerprint density at radius 3 is 2.21 bits per heavy atom. The highest BCUT2D eigenvalue weighted by Crippen LogP contribution is 2.20. The van der Waals surface area contributed by atoms with E-state index >= 15 is 0 Å². The Hall–Kier alpha value is -1.97. The molecule has 2 amide bonds. The molecule has 0 aliphatic carbocycles. The molecule has 3 N–H and O–H groups in total. The summed E-state index contributed by atoms with van der Waals surface area (Å²) in [6.45, 7) is 8.52. The lowest BCUT2D eigenvalue weighted by molar-refractivity contribution is -0.895. The number of hydrogen-bond donors (Lipinski definition) is 3. The number of sulfonamides is 1. The van der Waals surface area contributed by atoms with Crippen molar-refractivity contribution in [2.24, 2.45) is 0 Å². The molecular weight excluding hydrogens is 380 g/mol. The number of rotatable bonds is 8. The minimum absolute atomic E-state index is 0.0349. The Labute approximate surface area is 167 Å². The fraction of sp³-hybridized carbons (Fsp3) is 0.579. The number of hydrogen-bond acceptors (Lipinski definition) is 4. The van der Waals surface area contributed by atoms with Crippen LogP contribution in [-0.2, 0) is 19.6 Å². The topological polar surface area (TPSA) is 100 Å². The summed E-state index contributed by atoms with van der Waals surface area (Å²) in [5.74, 6) is -0.0739. The van der Waals surface area contributed by atoms with Crippen molar-refractivity contribution in [3.05, 3.63) is 29.8 Å². The molecule has 0 aromatic heterocycles. The third-order valence-electron chi connectivity index (χ3n) is 4.84. The van der Waals surface area contributed by atoms with Gasteiger partial charge in [-0.3, -0.25) is 9.59 Å². The molecule has 1 aromatic rings. The van der Waals surface area contributed by atoms with Crippen LogP contribution in [0.4, 0.5) is 0 Å². The van der Waals surface area contributed by atoms with Crippen molar-refractivity contribution < 1.29 is 22.9 Å². The average molecular weight is 412 g/mol. The zero-order valence-electron chi connectivity index (χ0n) is 16.8. The van der Waals surface area contributed by atoms with Gasteiger partial charge in [-0.15, -0.1) is 0 Å². The van der Waals surface area contributed by atoms with Crippen LogP contribution in [0.3, 0.4) is 0 Å². The lowest BCUT2D eigenvalue weighted by Crippen LogP contribution is -3.15. The van der Waals surface area contributed by atoms with Crippen LogP contribution in [0, 0.1) is 0 Å². The molecule has 8 nitrogen and oxygen atoms in total. The number of carbonyl (C=O) groups is 2. The van der Waals surface area contributed by atoms with E-state index in [1.54, 1.807) is 12.1 Å². The van der Waals surface area contributed by atoms with Gasteiger partial charge in [0.1, 0.15) is 0 Å². The number of piperazine rings is 1. The maximum atomic E-state index is 12.8. The lowest BCUT2D eigenvalue weighted by Gasteiger charge is -2.31. The summed E-state index contributed by atoms with van der Waals surface area (Å²) in [7, 11) is -3.52. The van der Waals surface area contributed by atoms with Crippen molar-refractivity contribution in [1.29, 1.82) is 0 Å². The van der Waals surface area contributed by atoms with Crippen molar-refractivity contribution in [1.82, 2.24) is 14.9 Å². The lowest BCUT2D eigenvalue weighted by atomic mass is 10.0. The van der Waals surface area contributed by atoms with E-state index in [-0.39, 0.29) is 24.9 Å². The second kappa shape index (κ2) is 9.99. The Balaban J connectivity index is 1.85. The first kappa shape index (κ1) is 22.3. The molecule has 0 spiro atoms. The highest BCUT2D eigenvalue weighted by Gasteiger charge is 2.31. The number of nitrogens with one attached hydrogen (secondary N) is 3. The normalized spacial score (nSPS) is 16.1. The molecular formula is C19H31N4O4S+. The van der Waals surface area contributed by atoms with E-state index in [0.29, 0.717) is 43.5 Å². The van der Waals surface area contributed by atoms with Crippen LogP contribution in [0.5, 0.6) is 0 Å². The Morgan fingerprint density at radius 1 is 1.07 bits per heavy atom. The minimum atomic E-state index is -3.52. The average Bonchev–Trinajstić information content (AvgIpc) is 2.67. The summed E-state index contributed by atoms with van der Waals surface area (Å²) in [5.41, 5.74) is 1.10. The van der Waals surface area contributed by atoms with Gasteiger partial charge in [0.2, 0.25) is 15.9 Å². The maximum absolute atomic E-state index is 12.8. The molecule has 0 bridgehead atoms. The maximum Gasteiger partial charge on any atom is 0.275 e. The summed E-state index contributed by atoms with van der Waals surface area (Å²) >= 11 is 0. The molecule has 1 aromatic carbocycles. The fourth-order valence-corrected chi connectivity index (χ4v) is 4.56. The number of likely N-dealkylation sites (N-methyl/N-ethyl adjacent to an activating group) is 1. The molecule has 0 radical (unpaired) electrons. The molecule has 156 valence electrons. The number of benzene rings is 1. The van der Waals surface area contributed by atoms with Gasteiger partial charge in [0.05, 0.1) is 37.6 Å². The van der Waals surface area contributed by atoms with Gasteiger partial charge in [-0.1, -0.05) is 26.0 Å². The van der Waals surface area contributed by atoms with Gasteiger partial charge < -0.3 is 15.5 Å². The molecule has 1 aliphatic heterocycles. The van der Waals surface area contributed by atoms with Gasteiger partial charge >= 0.3 is 0 Å². The van der Waals surface area contributed by atoms with Gasteiger partial charge in [0.25, 0.3) is 5.91 Å². The summed E-state index contributed by atoms with van der Waals surface area (Å²) in [4.78, 5) is 24.7. The first-order valence-electron chi connectivity index (χ1n) is 9.71. The van der Waals surface area contributed by atoms with Gasteiger partial charge in [-0.05, 0) is 30.5 Å². The molecule has 1 aliphatic rings. The first-order chi connectivity index (χ1) is 13.2. The van der Waals surface area contributed by atoms with Crippen LogP contribution in [-0.4, -0.2) is 70.4 Å². The number of quaternary nitrogens is 1. The van der Waals surface area contributed by atoms with E-state index in [9.17, 15) is 18.0 Å². The van der Waals surface area contributed by atoms with Crippen molar-refractivity contribution in [2.45, 2.75) is 31.6 Å². The SMILES string of the molecule is CCNC(=O)CNC(=O)C[NH+]1CCN(S(=O)(=O)c2ccc(C(C)C)cc2)CC1. The van der Waals surface area contributed by atoms with Crippen molar-refractivity contribution in [3.63, 3.8) is 0 Å². The van der Waals surface area contributed by atoms with Gasteiger partial charge in [0.15, 0.2) is 6.54 Å². The minimum Gasteiger partial charge on any atom is -0.355 e. The largest absolute Gasteiger partial charge is 0.355 e. The number of amides is 2. The fourth-order valence-electron chi connectivity index (χ4n) is 3.12. The molecule has 2 rings (SSSR count). The first-order valence-corrected chi connectivity index (χ1v) is 11.1. The molecule has 0 saturated carbocycles.